The molecule has 0 aromatic heterocycles. The van der Waals surface area contributed by atoms with Crippen molar-refractivity contribution < 1.29 is 14.7 Å². The van der Waals surface area contributed by atoms with Gasteiger partial charge in [-0.1, -0.05) is 41.9 Å². The van der Waals surface area contributed by atoms with Crippen molar-refractivity contribution in [3.8, 4) is 0 Å². The topological polar surface area (TPSA) is 57.6 Å². The maximum absolute atomic E-state index is 12.1. The van der Waals surface area contributed by atoms with Gasteiger partial charge in [0.05, 0.1) is 12.0 Å². The van der Waals surface area contributed by atoms with Gasteiger partial charge in [0.2, 0.25) is 5.91 Å². The molecule has 1 saturated heterocycles. The number of halogens is 1. The van der Waals surface area contributed by atoms with E-state index in [1.807, 2.05) is 38.1 Å². The molecule has 1 fully saturated rings. The van der Waals surface area contributed by atoms with Crippen molar-refractivity contribution in [3.05, 3.63) is 34.3 Å². The minimum atomic E-state index is -0.908. The summed E-state index contributed by atoms with van der Waals surface area (Å²) in [6.07, 6.45) is 0.0826. The third-order valence-electron chi connectivity index (χ3n) is 3.50. The van der Waals surface area contributed by atoms with Crippen LogP contribution in [0.25, 0.3) is 0 Å². The van der Waals surface area contributed by atoms with Gasteiger partial charge in [0.1, 0.15) is 0 Å². The number of hydrogen-bond acceptors (Lipinski definition) is 2. The normalized spacial score (nSPS) is 22.6. The van der Waals surface area contributed by atoms with E-state index in [2.05, 4.69) is 15.9 Å². The highest BCUT2D eigenvalue weighted by molar-refractivity contribution is 9.10. The van der Waals surface area contributed by atoms with Crippen molar-refractivity contribution in [1.29, 1.82) is 0 Å². The lowest BCUT2D eigenvalue weighted by atomic mass is 9.93. The van der Waals surface area contributed by atoms with E-state index in [0.717, 1.165) is 10.0 Å². The SMILES string of the molecule is CC(C)CN1C(=O)CC(C(=O)O)C1c1cccc(Br)c1. The summed E-state index contributed by atoms with van der Waals surface area (Å²) in [5.41, 5.74) is 0.873. The van der Waals surface area contributed by atoms with Gasteiger partial charge < -0.3 is 10.0 Å². The summed E-state index contributed by atoms with van der Waals surface area (Å²) in [5, 5.41) is 9.39. The van der Waals surface area contributed by atoms with Crippen LogP contribution in [0.1, 0.15) is 31.9 Å². The van der Waals surface area contributed by atoms with Crippen LogP contribution >= 0.6 is 15.9 Å². The molecular weight excluding hydrogens is 322 g/mol. The van der Waals surface area contributed by atoms with Gasteiger partial charge in [-0.2, -0.15) is 0 Å². The van der Waals surface area contributed by atoms with Crippen LogP contribution < -0.4 is 0 Å². The molecule has 5 heteroatoms. The Bertz CT molecular complexity index is 530. The number of hydrogen-bond donors (Lipinski definition) is 1. The first-order valence-electron chi connectivity index (χ1n) is 6.68. The Labute approximate surface area is 126 Å². The van der Waals surface area contributed by atoms with Gasteiger partial charge in [-0.15, -0.1) is 0 Å². The number of amides is 1. The van der Waals surface area contributed by atoms with Crippen molar-refractivity contribution in [2.75, 3.05) is 6.54 Å². The minimum absolute atomic E-state index is 0.0731. The lowest BCUT2D eigenvalue weighted by Gasteiger charge is -2.29. The number of aliphatic carboxylic acids is 1. The molecule has 0 radical (unpaired) electrons. The second kappa shape index (κ2) is 5.95. The summed E-state index contributed by atoms with van der Waals surface area (Å²) in [5.74, 6) is -1.35. The maximum Gasteiger partial charge on any atom is 0.309 e. The quantitative estimate of drug-likeness (QED) is 0.916. The molecule has 1 aromatic rings. The van der Waals surface area contributed by atoms with Gasteiger partial charge in [-0.05, 0) is 23.6 Å². The molecule has 1 N–H and O–H groups in total. The van der Waals surface area contributed by atoms with Crippen LogP contribution in [0.2, 0.25) is 0 Å². The fourth-order valence-electron chi connectivity index (χ4n) is 2.72. The maximum atomic E-state index is 12.1. The van der Waals surface area contributed by atoms with Gasteiger partial charge in [0.25, 0.3) is 0 Å². The molecule has 4 nitrogen and oxygen atoms in total. The molecule has 0 saturated carbocycles. The summed E-state index contributed by atoms with van der Waals surface area (Å²) in [6, 6.07) is 7.17. The third-order valence-corrected chi connectivity index (χ3v) is 3.99. The fourth-order valence-corrected chi connectivity index (χ4v) is 3.14. The molecule has 1 aromatic carbocycles. The van der Waals surface area contributed by atoms with E-state index in [0.29, 0.717) is 12.5 Å². The third kappa shape index (κ3) is 3.03. The van der Waals surface area contributed by atoms with Crippen molar-refractivity contribution in [1.82, 2.24) is 4.90 Å². The van der Waals surface area contributed by atoms with Gasteiger partial charge in [0, 0.05) is 17.4 Å². The van der Waals surface area contributed by atoms with Crippen molar-refractivity contribution in [2.24, 2.45) is 11.8 Å². The number of carboxylic acids is 1. The molecule has 1 amide bonds. The van der Waals surface area contributed by atoms with Crippen LogP contribution in [0, 0.1) is 11.8 Å². The highest BCUT2D eigenvalue weighted by Gasteiger charge is 2.44. The molecular formula is C15H18BrNO3. The van der Waals surface area contributed by atoms with E-state index in [4.69, 9.17) is 0 Å². The molecule has 108 valence electrons. The lowest BCUT2D eigenvalue weighted by Crippen LogP contribution is -2.33. The first-order valence-corrected chi connectivity index (χ1v) is 7.47. The molecule has 0 spiro atoms. The van der Waals surface area contributed by atoms with Gasteiger partial charge >= 0.3 is 5.97 Å². The summed E-state index contributed by atoms with van der Waals surface area (Å²) < 4.78 is 0.892. The second-order valence-corrected chi connectivity index (χ2v) is 6.50. The average Bonchev–Trinajstić information content (AvgIpc) is 2.66. The van der Waals surface area contributed by atoms with E-state index < -0.39 is 11.9 Å². The van der Waals surface area contributed by atoms with Crippen molar-refractivity contribution >= 4 is 27.8 Å². The molecule has 2 rings (SSSR count). The highest BCUT2D eigenvalue weighted by atomic mass is 79.9. The summed E-state index contributed by atoms with van der Waals surface area (Å²) >= 11 is 3.40. The predicted octanol–water partition coefficient (Wildman–Crippen LogP) is 3.08. The first kappa shape index (κ1) is 15.0. The first-order chi connectivity index (χ1) is 9.40. The Hall–Kier alpha value is -1.36. The zero-order valence-corrected chi connectivity index (χ0v) is 13.1. The Kier molecular flexibility index (Phi) is 4.48. The number of likely N-dealkylation sites (tertiary alicyclic amines) is 1. The van der Waals surface area contributed by atoms with Gasteiger partial charge in [-0.25, -0.2) is 0 Å². The fraction of sp³-hybridized carbons (Fsp3) is 0.467. The van der Waals surface area contributed by atoms with E-state index in [1.54, 1.807) is 4.90 Å². The molecule has 20 heavy (non-hydrogen) atoms. The number of carbonyl (C=O) groups excluding carboxylic acids is 1. The number of carbonyl (C=O) groups is 2. The Morgan fingerprint density at radius 1 is 1.50 bits per heavy atom. The summed E-state index contributed by atoms with van der Waals surface area (Å²) in [7, 11) is 0. The van der Waals surface area contributed by atoms with Gasteiger partial charge in [-0.3, -0.25) is 9.59 Å². The van der Waals surface area contributed by atoms with E-state index >= 15 is 0 Å². The van der Waals surface area contributed by atoms with Crippen LogP contribution in [0.4, 0.5) is 0 Å². The van der Waals surface area contributed by atoms with E-state index in [-0.39, 0.29) is 18.4 Å². The molecule has 1 heterocycles. The number of carboxylic acid groups (broad SMARTS) is 1. The molecule has 1 aliphatic heterocycles. The Morgan fingerprint density at radius 2 is 2.20 bits per heavy atom. The van der Waals surface area contributed by atoms with Crippen molar-refractivity contribution in [3.63, 3.8) is 0 Å². The molecule has 0 aliphatic carbocycles. The lowest BCUT2D eigenvalue weighted by molar-refractivity contribution is -0.142. The second-order valence-electron chi connectivity index (χ2n) is 5.59. The molecule has 2 unspecified atom stereocenters. The number of rotatable bonds is 4. The Morgan fingerprint density at radius 3 is 2.75 bits per heavy atom. The standard InChI is InChI=1S/C15H18BrNO3/c1-9(2)8-17-13(18)7-12(15(19)20)14(17)10-4-3-5-11(16)6-10/h3-6,9,12,14H,7-8H2,1-2H3,(H,19,20). The van der Waals surface area contributed by atoms with E-state index in [1.165, 1.54) is 0 Å². The van der Waals surface area contributed by atoms with Crippen LogP contribution in [-0.4, -0.2) is 28.4 Å². The molecule has 0 bridgehead atoms. The minimum Gasteiger partial charge on any atom is -0.481 e. The zero-order valence-electron chi connectivity index (χ0n) is 11.5. The largest absolute Gasteiger partial charge is 0.481 e. The average molecular weight is 340 g/mol. The van der Waals surface area contributed by atoms with E-state index in [9.17, 15) is 14.7 Å². The van der Waals surface area contributed by atoms with Gasteiger partial charge in [0.15, 0.2) is 0 Å². The summed E-state index contributed by atoms with van der Waals surface area (Å²) in [4.78, 5) is 25.3. The predicted molar refractivity (Wildman–Crippen MR) is 79.2 cm³/mol. The number of nitrogens with zero attached hydrogens (tertiary/aromatic N) is 1. The van der Waals surface area contributed by atoms with Crippen LogP contribution in [0.5, 0.6) is 0 Å². The molecule has 2 atom stereocenters. The Balaban J connectivity index is 2.40. The highest BCUT2D eigenvalue weighted by Crippen LogP contribution is 2.39. The zero-order chi connectivity index (χ0) is 14.9. The molecule has 1 aliphatic rings. The van der Waals surface area contributed by atoms with Crippen molar-refractivity contribution in [2.45, 2.75) is 26.3 Å². The smallest absolute Gasteiger partial charge is 0.309 e. The number of benzene rings is 1. The van der Waals surface area contributed by atoms with Crippen LogP contribution in [0.15, 0.2) is 28.7 Å². The monoisotopic (exact) mass is 339 g/mol. The summed E-state index contributed by atoms with van der Waals surface area (Å²) in [6.45, 7) is 4.64. The van der Waals surface area contributed by atoms with Crippen LogP contribution in [0.3, 0.4) is 0 Å². The van der Waals surface area contributed by atoms with Crippen LogP contribution in [-0.2, 0) is 9.59 Å².